The molecule has 0 bridgehead atoms. The van der Waals surface area contributed by atoms with Crippen LogP contribution in [-0.4, -0.2) is 19.7 Å². The molecule has 0 spiro atoms. The van der Waals surface area contributed by atoms with Crippen LogP contribution in [0.15, 0.2) is 24.3 Å². The normalized spacial score (nSPS) is 18.9. The standard InChI is InChI=1S/C18H29NO/c1-4-18(11-7-8-12-18)14-19-15(2)13-16-9-5-6-10-17(16)20-3/h5-6,9-10,15,19H,4,7-8,11-14H2,1-3H3. The average Bonchev–Trinajstić information content (AvgIpc) is 2.95. The monoisotopic (exact) mass is 275 g/mol. The molecule has 0 saturated heterocycles. The summed E-state index contributed by atoms with van der Waals surface area (Å²) >= 11 is 0. The number of hydrogen-bond acceptors (Lipinski definition) is 2. The van der Waals surface area contributed by atoms with Crippen LogP contribution in [0.25, 0.3) is 0 Å². The zero-order chi connectivity index (χ0) is 14.4. The number of ether oxygens (including phenoxy) is 1. The molecule has 0 aromatic heterocycles. The van der Waals surface area contributed by atoms with Crippen molar-refractivity contribution in [2.75, 3.05) is 13.7 Å². The summed E-state index contributed by atoms with van der Waals surface area (Å²) in [4.78, 5) is 0. The van der Waals surface area contributed by atoms with Crippen molar-refractivity contribution < 1.29 is 4.74 Å². The van der Waals surface area contributed by atoms with E-state index >= 15 is 0 Å². The number of hydrogen-bond donors (Lipinski definition) is 1. The highest BCUT2D eigenvalue weighted by Crippen LogP contribution is 2.40. The van der Waals surface area contributed by atoms with E-state index in [0.29, 0.717) is 11.5 Å². The van der Waals surface area contributed by atoms with Crippen LogP contribution < -0.4 is 10.1 Å². The largest absolute Gasteiger partial charge is 0.496 e. The van der Waals surface area contributed by atoms with Gasteiger partial charge in [-0.2, -0.15) is 0 Å². The quantitative estimate of drug-likeness (QED) is 0.806. The Morgan fingerprint density at radius 3 is 2.60 bits per heavy atom. The molecule has 2 nitrogen and oxygen atoms in total. The highest BCUT2D eigenvalue weighted by molar-refractivity contribution is 5.33. The third kappa shape index (κ3) is 3.76. The molecule has 0 amide bonds. The highest BCUT2D eigenvalue weighted by Gasteiger charge is 2.31. The van der Waals surface area contributed by atoms with E-state index in [0.717, 1.165) is 12.2 Å². The topological polar surface area (TPSA) is 21.3 Å². The van der Waals surface area contributed by atoms with Crippen molar-refractivity contribution in [2.45, 2.75) is 58.4 Å². The summed E-state index contributed by atoms with van der Waals surface area (Å²) in [7, 11) is 1.75. The summed E-state index contributed by atoms with van der Waals surface area (Å²) in [6, 6.07) is 8.84. The van der Waals surface area contributed by atoms with Crippen molar-refractivity contribution in [2.24, 2.45) is 5.41 Å². The summed E-state index contributed by atoms with van der Waals surface area (Å²) in [5.41, 5.74) is 1.86. The van der Waals surface area contributed by atoms with Crippen molar-refractivity contribution in [3.8, 4) is 5.75 Å². The summed E-state index contributed by atoms with van der Waals surface area (Å²) in [6.45, 7) is 5.79. The molecule has 1 fully saturated rings. The minimum Gasteiger partial charge on any atom is -0.496 e. The summed E-state index contributed by atoms with van der Waals surface area (Å²) in [5.74, 6) is 1.01. The number of para-hydroxylation sites is 1. The molecular weight excluding hydrogens is 246 g/mol. The van der Waals surface area contributed by atoms with Gasteiger partial charge in [-0.15, -0.1) is 0 Å². The van der Waals surface area contributed by atoms with E-state index in [2.05, 4.69) is 31.3 Å². The van der Waals surface area contributed by atoms with Crippen LogP contribution in [0, 0.1) is 5.41 Å². The van der Waals surface area contributed by atoms with Gasteiger partial charge >= 0.3 is 0 Å². The van der Waals surface area contributed by atoms with Crippen LogP contribution in [0.4, 0.5) is 0 Å². The summed E-state index contributed by atoms with van der Waals surface area (Å²) < 4.78 is 5.44. The Kier molecular flexibility index (Phi) is 5.47. The van der Waals surface area contributed by atoms with Crippen LogP contribution in [0.3, 0.4) is 0 Å². The molecule has 1 aliphatic rings. The number of benzene rings is 1. The van der Waals surface area contributed by atoms with Crippen molar-refractivity contribution in [3.63, 3.8) is 0 Å². The first-order valence-electron chi connectivity index (χ1n) is 8.04. The second kappa shape index (κ2) is 7.12. The van der Waals surface area contributed by atoms with Gasteiger partial charge in [-0.1, -0.05) is 38.0 Å². The minimum absolute atomic E-state index is 0.496. The third-order valence-electron chi connectivity index (χ3n) is 4.96. The number of rotatable bonds is 7. The Morgan fingerprint density at radius 2 is 1.95 bits per heavy atom. The Balaban J connectivity index is 1.87. The fourth-order valence-corrected chi connectivity index (χ4v) is 3.44. The lowest BCUT2D eigenvalue weighted by atomic mass is 9.83. The SMILES string of the molecule is CCC1(CNC(C)Cc2ccccc2OC)CCCC1. The predicted molar refractivity (Wildman–Crippen MR) is 85.4 cm³/mol. The molecule has 2 rings (SSSR count). The first-order chi connectivity index (χ1) is 9.69. The fraction of sp³-hybridized carbons (Fsp3) is 0.667. The molecule has 1 aromatic rings. The van der Waals surface area contributed by atoms with Crippen molar-refractivity contribution in [1.29, 1.82) is 0 Å². The van der Waals surface area contributed by atoms with Gasteiger partial charge in [-0.25, -0.2) is 0 Å². The van der Waals surface area contributed by atoms with Crippen molar-refractivity contribution >= 4 is 0 Å². The third-order valence-corrected chi connectivity index (χ3v) is 4.96. The van der Waals surface area contributed by atoms with E-state index in [1.807, 2.05) is 12.1 Å². The molecule has 1 aliphatic carbocycles. The van der Waals surface area contributed by atoms with E-state index in [4.69, 9.17) is 4.74 Å². The molecule has 112 valence electrons. The second-order valence-corrected chi connectivity index (χ2v) is 6.36. The van der Waals surface area contributed by atoms with Crippen LogP contribution in [0.5, 0.6) is 5.75 Å². The van der Waals surface area contributed by atoms with Gasteiger partial charge < -0.3 is 10.1 Å². The Labute approximate surface area is 123 Å². The van der Waals surface area contributed by atoms with E-state index in [1.165, 1.54) is 44.2 Å². The summed E-state index contributed by atoms with van der Waals surface area (Å²) in [6.07, 6.45) is 7.97. The number of methoxy groups -OCH3 is 1. The second-order valence-electron chi connectivity index (χ2n) is 6.36. The fourth-order valence-electron chi connectivity index (χ4n) is 3.44. The molecule has 2 heteroatoms. The van der Waals surface area contributed by atoms with Gasteiger partial charge in [-0.3, -0.25) is 0 Å². The molecule has 0 aliphatic heterocycles. The molecular formula is C18H29NO. The molecule has 1 unspecified atom stereocenters. The lowest BCUT2D eigenvalue weighted by molar-refractivity contribution is 0.257. The molecule has 1 saturated carbocycles. The molecule has 1 atom stereocenters. The van der Waals surface area contributed by atoms with Gasteiger partial charge in [0, 0.05) is 12.6 Å². The Bertz CT molecular complexity index is 410. The average molecular weight is 275 g/mol. The summed E-state index contributed by atoms with van der Waals surface area (Å²) in [5, 5.41) is 3.76. The molecule has 0 radical (unpaired) electrons. The highest BCUT2D eigenvalue weighted by atomic mass is 16.5. The first kappa shape index (κ1) is 15.4. The van der Waals surface area contributed by atoms with Crippen LogP contribution in [-0.2, 0) is 6.42 Å². The molecule has 1 aromatic carbocycles. The van der Waals surface area contributed by atoms with E-state index in [9.17, 15) is 0 Å². The van der Waals surface area contributed by atoms with E-state index in [1.54, 1.807) is 7.11 Å². The molecule has 0 heterocycles. The van der Waals surface area contributed by atoms with Gasteiger partial charge in [0.1, 0.15) is 5.75 Å². The number of nitrogens with one attached hydrogen (secondary N) is 1. The maximum Gasteiger partial charge on any atom is 0.122 e. The lowest BCUT2D eigenvalue weighted by Crippen LogP contribution is -2.38. The van der Waals surface area contributed by atoms with Crippen LogP contribution in [0.1, 0.15) is 51.5 Å². The van der Waals surface area contributed by atoms with Gasteiger partial charge in [-0.05, 0) is 49.7 Å². The van der Waals surface area contributed by atoms with Gasteiger partial charge in [0.2, 0.25) is 0 Å². The van der Waals surface area contributed by atoms with Crippen molar-refractivity contribution in [3.05, 3.63) is 29.8 Å². The Morgan fingerprint density at radius 1 is 1.25 bits per heavy atom. The van der Waals surface area contributed by atoms with Crippen molar-refractivity contribution in [1.82, 2.24) is 5.32 Å². The minimum atomic E-state index is 0.496. The molecule has 20 heavy (non-hydrogen) atoms. The van der Waals surface area contributed by atoms with Gasteiger partial charge in [0.05, 0.1) is 7.11 Å². The first-order valence-corrected chi connectivity index (χ1v) is 8.04. The maximum absolute atomic E-state index is 5.44. The van der Waals surface area contributed by atoms with Gasteiger partial charge in [0.15, 0.2) is 0 Å². The Hall–Kier alpha value is -1.02. The zero-order valence-corrected chi connectivity index (χ0v) is 13.2. The van der Waals surface area contributed by atoms with Gasteiger partial charge in [0.25, 0.3) is 0 Å². The molecule has 1 N–H and O–H groups in total. The maximum atomic E-state index is 5.44. The van der Waals surface area contributed by atoms with E-state index < -0.39 is 0 Å². The zero-order valence-electron chi connectivity index (χ0n) is 13.2. The lowest BCUT2D eigenvalue weighted by Gasteiger charge is -2.30. The van der Waals surface area contributed by atoms with Crippen LogP contribution in [0.2, 0.25) is 0 Å². The van der Waals surface area contributed by atoms with E-state index in [-0.39, 0.29) is 0 Å². The van der Waals surface area contributed by atoms with Crippen LogP contribution >= 0.6 is 0 Å². The predicted octanol–water partition coefficient (Wildman–Crippen LogP) is 4.19. The smallest absolute Gasteiger partial charge is 0.122 e.